The summed E-state index contributed by atoms with van der Waals surface area (Å²) in [6.07, 6.45) is -3.32. The number of halogens is 4. The summed E-state index contributed by atoms with van der Waals surface area (Å²) in [6.45, 7) is -0.0614. The molecule has 0 N–H and O–H groups in total. The van der Waals surface area contributed by atoms with Gasteiger partial charge in [0, 0.05) is 6.20 Å². The monoisotopic (exact) mass is 223 g/mol. The Kier molecular flexibility index (Phi) is 3.01. The van der Waals surface area contributed by atoms with Crippen LogP contribution in [0.2, 0.25) is 0 Å². The van der Waals surface area contributed by atoms with Gasteiger partial charge in [0.05, 0.1) is 12.6 Å². The van der Waals surface area contributed by atoms with Crippen LogP contribution in [0.1, 0.15) is 5.69 Å². The van der Waals surface area contributed by atoms with Gasteiger partial charge >= 0.3 is 6.18 Å². The zero-order valence-corrected chi connectivity index (χ0v) is 7.55. The third kappa shape index (κ3) is 2.64. The van der Waals surface area contributed by atoms with Gasteiger partial charge in [0.1, 0.15) is 5.38 Å². The summed E-state index contributed by atoms with van der Waals surface area (Å²) < 4.78 is 37.1. The van der Waals surface area contributed by atoms with E-state index >= 15 is 0 Å². The molecule has 1 atom stereocenters. The molecule has 1 aromatic heterocycles. The molecule has 0 aliphatic carbocycles. The largest absolute Gasteiger partial charge is 0.435 e. The van der Waals surface area contributed by atoms with Crippen LogP contribution in [0.4, 0.5) is 13.2 Å². The second-order valence-electron chi connectivity index (χ2n) is 2.52. The van der Waals surface area contributed by atoms with E-state index in [0.717, 1.165) is 16.9 Å². The fourth-order valence-electron chi connectivity index (χ4n) is 0.820. The van der Waals surface area contributed by atoms with Crippen molar-refractivity contribution in [1.29, 1.82) is 5.26 Å². The maximum absolute atomic E-state index is 12.0. The van der Waals surface area contributed by atoms with Crippen LogP contribution in [-0.4, -0.2) is 15.2 Å². The molecule has 0 bridgehead atoms. The van der Waals surface area contributed by atoms with Gasteiger partial charge in [-0.15, -0.1) is 11.6 Å². The van der Waals surface area contributed by atoms with Crippen molar-refractivity contribution >= 4 is 11.6 Å². The highest BCUT2D eigenvalue weighted by atomic mass is 35.5. The summed E-state index contributed by atoms with van der Waals surface area (Å²) in [5, 5.41) is 10.7. The van der Waals surface area contributed by atoms with Crippen LogP contribution in [0.3, 0.4) is 0 Å². The number of rotatable bonds is 2. The Hall–Kier alpha value is -1.22. The number of aromatic nitrogens is 2. The van der Waals surface area contributed by atoms with Crippen LogP contribution in [0, 0.1) is 11.3 Å². The molecule has 0 spiro atoms. The predicted molar refractivity (Wildman–Crippen MR) is 42.5 cm³/mol. The topological polar surface area (TPSA) is 41.6 Å². The lowest BCUT2D eigenvalue weighted by Gasteiger charge is -2.02. The third-order valence-corrected chi connectivity index (χ3v) is 1.65. The molecule has 76 valence electrons. The Bertz CT molecular complexity index is 352. The molecule has 1 unspecified atom stereocenters. The van der Waals surface area contributed by atoms with E-state index in [1.807, 2.05) is 0 Å². The van der Waals surface area contributed by atoms with Crippen molar-refractivity contribution in [2.24, 2.45) is 0 Å². The summed E-state index contributed by atoms with van der Waals surface area (Å²) in [5.41, 5.74) is -0.987. The van der Waals surface area contributed by atoms with E-state index in [1.165, 1.54) is 0 Å². The van der Waals surface area contributed by atoms with Gasteiger partial charge in [0.15, 0.2) is 5.69 Å². The SMILES string of the molecule is N#CC(Cl)Cn1ccc(C(F)(F)F)n1. The van der Waals surface area contributed by atoms with Crippen LogP contribution in [-0.2, 0) is 12.7 Å². The highest BCUT2D eigenvalue weighted by molar-refractivity contribution is 6.22. The maximum atomic E-state index is 12.0. The first-order valence-corrected chi connectivity index (χ1v) is 4.01. The number of alkyl halides is 4. The van der Waals surface area contributed by atoms with Crippen molar-refractivity contribution in [3.63, 3.8) is 0 Å². The summed E-state index contributed by atoms with van der Waals surface area (Å²) in [6, 6.07) is 2.52. The Labute approximate surface area is 82.7 Å². The quantitative estimate of drug-likeness (QED) is 0.720. The fourth-order valence-corrected chi connectivity index (χ4v) is 0.961. The van der Waals surface area contributed by atoms with E-state index in [1.54, 1.807) is 6.07 Å². The first-order valence-electron chi connectivity index (χ1n) is 3.58. The number of nitrogens with zero attached hydrogens (tertiary/aromatic N) is 3. The highest BCUT2D eigenvalue weighted by Gasteiger charge is 2.33. The molecular formula is C7H5ClF3N3. The molecule has 0 saturated heterocycles. The number of hydrogen-bond donors (Lipinski definition) is 0. The molecule has 3 nitrogen and oxygen atoms in total. The van der Waals surface area contributed by atoms with Crippen molar-refractivity contribution in [2.45, 2.75) is 18.1 Å². The van der Waals surface area contributed by atoms with E-state index in [4.69, 9.17) is 16.9 Å². The van der Waals surface area contributed by atoms with Crippen LogP contribution in [0.25, 0.3) is 0 Å². The summed E-state index contributed by atoms with van der Waals surface area (Å²) in [5.74, 6) is 0. The van der Waals surface area contributed by atoms with Gasteiger partial charge in [-0.1, -0.05) is 0 Å². The van der Waals surface area contributed by atoms with Crippen molar-refractivity contribution in [3.05, 3.63) is 18.0 Å². The van der Waals surface area contributed by atoms with Gasteiger partial charge in [-0.3, -0.25) is 4.68 Å². The highest BCUT2D eigenvalue weighted by Crippen LogP contribution is 2.27. The van der Waals surface area contributed by atoms with Gasteiger partial charge < -0.3 is 0 Å². The Balaban J connectivity index is 2.75. The molecule has 0 aromatic carbocycles. The van der Waals surface area contributed by atoms with E-state index in [9.17, 15) is 13.2 Å². The van der Waals surface area contributed by atoms with E-state index in [0.29, 0.717) is 0 Å². The lowest BCUT2D eigenvalue weighted by atomic mass is 10.4. The Morgan fingerprint density at radius 2 is 2.29 bits per heavy atom. The lowest BCUT2D eigenvalue weighted by molar-refractivity contribution is -0.141. The minimum Gasteiger partial charge on any atom is -0.270 e. The van der Waals surface area contributed by atoms with Gasteiger partial charge in [-0.2, -0.15) is 23.5 Å². The van der Waals surface area contributed by atoms with Gasteiger partial charge in [-0.05, 0) is 6.07 Å². The number of nitriles is 1. The molecule has 0 aliphatic rings. The molecule has 0 aliphatic heterocycles. The smallest absolute Gasteiger partial charge is 0.270 e. The fraction of sp³-hybridized carbons (Fsp3) is 0.429. The molecule has 14 heavy (non-hydrogen) atoms. The zero-order chi connectivity index (χ0) is 10.8. The average Bonchev–Trinajstić information content (AvgIpc) is 2.51. The summed E-state index contributed by atoms with van der Waals surface area (Å²) >= 11 is 5.42. The molecule has 1 aromatic rings. The third-order valence-electron chi connectivity index (χ3n) is 1.42. The minimum atomic E-state index is -4.46. The minimum absolute atomic E-state index is 0.0614. The molecule has 7 heteroatoms. The van der Waals surface area contributed by atoms with Crippen molar-refractivity contribution < 1.29 is 13.2 Å². The molecule has 0 radical (unpaired) electrons. The molecular weight excluding hydrogens is 219 g/mol. The zero-order valence-electron chi connectivity index (χ0n) is 6.79. The van der Waals surface area contributed by atoms with Crippen LogP contribution < -0.4 is 0 Å². The standard InChI is InChI=1S/C7H5ClF3N3/c8-5(3-12)4-14-2-1-6(13-14)7(9,10)11/h1-2,5H,4H2. The van der Waals surface area contributed by atoms with Gasteiger partial charge in [0.25, 0.3) is 0 Å². The van der Waals surface area contributed by atoms with Crippen molar-refractivity contribution in [3.8, 4) is 6.07 Å². The summed E-state index contributed by atoms with van der Waals surface area (Å²) in [4.78, 5) is 0. The second kappa shape index (κ2) is 3.88. The van der Waals surface area contributed by atoms with Gasteiger partial charge in [-0.25, -0.2) is 0 Å². The van der Waals surface area contributed by atoms with Crippen LogP contribution in [0.5, 0.6) is 0 Å². The van der Waals surface area contributed by atoms with Crippen molar-refractivity contribution in [1.82, 2.24) is 9.78 Å². The first-order chi connectivity index (χ1) is 6.43. The van der Waals surface area contributed by atoms with Crippen LogP contribution >= 0.6 is 11.6 Å². The number of hydrogen-bond acceptors (Lipinski definition) is 2. The normalized spacial score (nSPS) is 13.6. The maximum Gasteiger partial charge on any atom is 0.435 e. The first kappa shape index (κ1) is 10.9. The predicted octanol–water partition coefficient (Wildman–Crippen LogP) is 2.03. The van der Waals surface area contributed by atoms with Gasteiger partial charge in [0.2, 0.25) is 0 Å². The van der Waals surface area contributed by atoms with Crippen molar-refractivity contribution in [2.75, 3.05) is 0 Å². The van der Waals surface area contributed by atoms with E-state index in [2.05, 4.69) is 5.10 Å². The Morgan fingerprint density at radius 3 is 2.71 bits per heavy atom. The van der Waals surface area contributed by atoms with Crippen LogP contribution in [0.15, 0.2) is 12.3 Å². The summed E-state index contributed by atoms with van der Waals surface area (Å²) in [7, 11) is 0. The molecule has 0 saturated carbocycles. The second-order valence-corrected chi connectivity index (χ2v) is 3.04. The molecule has 1 rings (SSSR count). The average molecular weight is 224 g/mol. The van der Waals surface area contributed by atoms with E-state index < -0.39 is 17.2 Å². The molecule has 0 fully saturated rings. The molecule has 0 amide bonds. The lowest BCUT2D eigenvalue weighted by Crippen LogP contribution is -2.12. The molecule has 1 heterocycles. The van der Waals surface area contributed by atoms with E-state index in [-0.39, 0.29) is 6.54 Å². The Morgan fingerprint density at radius 1 is 1.64 bits per heavy atom.